The molecule has 1 heterocycles. The normalized spacial score (nSPS) is 22.8. The second-order valence-corrected chi connectivity index (χ2v) is 5.91. The quantitative estimate of drug-likeness (QED) is 0.922. The van der Waals surface area contributed by atoms with Gasteiger partial charge in [-0.2, -0.15) is 0 Å². The van der Waals surface area contributed by atoms with Crippen LogP contribution in [0.1, 0.15) is 18.9 Å². The molecule has 2 amide bonds. The number of methoxy groups -OCH3 is 1. The van der Waals surface area contributed by atoms with Crippen molar-refractivity contribution >= 4 is 6.03 Å². The number of rotatable bonds is 4. The van der Waals surface area contributed by atoms with Gasteiger partial charge in [-0.05, 0) is 43.6 Å². The van der Waals surface area contributed by atoms with E-state index in [-0.39, 0.29) is 12.1 Å². The molecule has 5 heteroatoms. The van der Waals surface area contributed by atoms with Crippen LogP contribution in [0.25, 0.3) is 0 Å². The molecule has 0 aliphatic carbocycles. The van der Waals surface area contributed by atoms with E-state index in [2.05, 4.69) is 18.9 Å². The molecule has 116 valence electrons. The van der Waals surface area contributed by atoms with Gasteiger partial charge in [0.15, 0.2) is 0 Å². The summed E-state index contributed by atoms with van der Waals surface area (Å²) in [7, 11) is 3.76. The molecule has 1 fully saturated rings. The average Bonchev–Trinajstić information content (AvgIpc) is 2.45. The average molecular weight is 291 g/mol. The van der Waals surface area contributed by atoms with Crippen molar-refractivity contribution in [3.8, 4) is 5.75 Å². The fourth-order valence-electron chi connectivity index (χ4n) is 3.13. The molecule has 0 bridgehead atoms. The van der Waals surface area contributed by atoms with Gasteiger partial charge in [-0.1, -0.05) is 19.1 Å². The molecule has 0 saturated carbocycles. The number of piperidine rings is 1. The van der Waals surface area contributed by atoms with Gasteiger partial charge in [0.25, 0.3) is 0 Å². The monoisotopic (exact) mass is 291 g/mol. The van der Waals surface area contributed by atoms with E-state index in [0.717, 1.165) is 30.8 Å². The van der Waals surface area contributed by atoms with Crippen molar-refractivity contribution < 1.29 is 9.53 Å². The van der Waals surface area contributed by atoms with Gasteiger partial charge in [0.05, 0.1) is 7.11 Å². The number of hydrogen-bond donors (Lipinski definition) is 1. The molecule has 21 heavy (non-hydrogen) atoms. The molecule has 2 unspecified atom stereocenters. The fourth-order valence-corrected chi connectivity index (χ4v) is 3.13. The molecule has 2 N–H and O–H groups in total. The van der Waals surface area contributed by atoms with Gasteiger partial charge >= 0.3 is 6.03 Å². The van der Waals surface area contributed by atoms with E-state index in [4.69, 9.17) is 10.5 Å². The lowest BCUT2D eigenvalue weighted by atomic mass is 9.92. The van der Waals surface area contributed by atoms with E-state index in [1.807, 2.05) is 24.3 Å². The summed E-state index contributed by atoms with van der Waals surface area (Å²) >= 11 is 0. The van der Waals surface area contributed by atoms with Crippen LogP contribution in [0, 0.1) is 5.92 Å². The van der Waals surface area contributed by atoms with Crippen LogP contribution in [0.3, 0.4) is 0 Å². The summed E-state index contributed by atoms with van der Waals surface area (Å²) < 4.78 is 5.24. The van der Waals surface area contributed by atoms with Crippen LogP contribution in [0.15, 0.2) is 24.3 Å². The Hall–Kier alpha value is -1.75. The zero-order chi connectivity index (χ0) is 15.4. The predicted octanol–water partition coefficient (Wildman–Crippen LogP) is 1.92. The van der Waals surface area contributed by atoms with Crippen LogP contribution < -0.4 is 10.5 Å². The molecule has 2 rings (SSSR count). The van der Waals surface area contributed by atoms with Crippen molar-refractivity contribution in [2.75, 3.05) is 27.2 Å². The Balaban J connectivity index is 2.13. The Labute approximate surface area is 126 Å². The van der Waals surface area contributed by atoms with Gasteiger partial charge in [0.2, 0.25) is 0 Å². The van der Waals surface area contributed by atoms with Gasteiger partial charge < -0.3 is 20.3 Å². The highest BCUT2D eigenvalue weighted by Gasteiger charge is 2.31. The number of benzene rings is 1. The zero-order valence-corrected chi connectivity index (χ0v) is 13.1. The second kappa shape index (κ2) is 6.80. The highest BCUT2D eigenvalue weighted by Crippen LogP contribution is 2.24. The number of ether oxygens (including phenoxy) is 1. The Morgan fingerprint density at radius 3 is 2.90 bits per heavy atom. The summed E-state index contributed by atoms with van der Waals surface area (Å²) in [6.07, 6.45) is 0.963. The number of hydrogen-bond acceptors (Lipinski definition) is 3. The van der Waals surface area contributed by atoms with Crippen molar-refractivity contribution in [3.63, 3.8) is 0 Å². The summed E-state index contributed by atoms with van der Waals surface area (Å²) in [4.78, 5) is 16.0. The van der Waals surface area contributed by atoms with Gasteiger partial charge in [0, 0.05) is 19.1 Å². The smallest absolute Gasteiger partial charge is 0.315 e. The lowest BCUT2D eigenvalue weighted by Gasteiger charge is -2.41. The van der Waals surface area contributed by atoms with E-state index in [9.17, 15) is 4.79 Å². The van der Waals surface area contributed by atoms with E-state index in [1.54, 1.807) is 12.0 Å². The molecule has 0 radical (unpaired) electrons. The van der Waals surface area contributed by atoms with Crippen LogP contribution >= 0.6 is 0 Å². The number of carbonyl (C=O) groups excluding carboxylic acids is 1. The number of nitrogens with two attached hydrogens (primary N) is 1. The fraction of sp³-hybridized carbons (Fsp3) is 0.562. The Kier molecular flexibility index (Phi) is 5.07. The molecule has 1 aromatic rings. The largest absolute Gasteiger partial charge is 0.497 e. The number of primary amides is 1. The summed E-state index contributed by atoms with van der Waals surface area (Å²) in [5.41, 5.74) is 6.67. The zero-order valence-electron chi connectivity index (χ0n) is 13.1. The molecule has 1 aliphatic heterocycles. The summed E-state index contributed by atoms with van der Waals surface area (Å²) in [5.74, 6) is 1.22. The highest BCUT2D eigenvalue weighted by molar-refractivity contribution is 5.72. The summed E-state index contributed by atoms with van der Waals surface area (Å²) in [6, 6.07) is 7.64. The molecule has 0 spiro atoms. The number of nitrogens with zero attached hydrogens (tertiary/aromatic N) is 2. The number of carbonyl (C=O) groups is 1. The van der Waals surface area contributed by atoms with Crippen molar-refractivity contribution in [3.05, 3.63) is 29.8 Å². The van der Waals surface area contributed by atoms with Crippen LogP contribution in [-0.2, 0) is 6.54 Å². The summed E-state index contributed by atoms with van der Waals surface area (Å²) in [5, 5.41) is 0. The maximum Gasteiger partial charge on any atom is 0.315 e. The van der Waals surface area contributed by atoms with Gasteiger partial charge in [-0.15, -0.1) is 0 Å². The lowest BCUT2D eigenvalue weighted by Crippen LogP contribution is -2.52. The van der Waals surface area contributed by atoms with Crippen LogP contribution in [0.4, 0.5) is 4.79 Å². The minimum atomic E-state index is -0.348. The third-order valence-corrected chi connectivity index (χ3v) is 4.23. The van der Waals surface area contributed by atoms with Gasteiger partial charge in [-0.25, -0.2) is 4.79 Å². The van der Waals surface area contributed by atoms with E-state index >= 15 is 0 Å². The Morgan fingerprint density at radius 1 is 1.52 bits per heavy atom. The molecule has 5 nitrogen and oxygen atoms in total. The second-order valence-electron chi connectivity index (χ2n) is 5.91. The van der Waals surface area contributed by atoms with E-state index in [0.29, 0.717) is 12.5 Å². The number of amides is 2. The molecule has 1 aromatic carbocycles. The first-order chi connectivity index (χ1) is 10.0. The highest BCUT2D eigenvalue weighted by atomic mass is 16.5. The molecule has 2 atom stereocenters. The van der Waals surface area contributed by atoms with Crippen LogP contribution in [0.5, 0.6) is 5.75 Å². The molecular formula is C16H25N3O2. The lowest BCUT2D eigenvalue weighted by molar-refractivity contribution is 0.0924. The number of urea groups is 1. The molecular weight excluding hydrogens is 266 g/mol. The SMILES string of the molecule is COc1cccc(CN(C(N)=O)C2CCN(C)CC2C)c1. The summed E-state index contributed by atoms with van der Waals surface area (Å²) in [6.45, 7) is 4.70. The molecule has 0 aromatic heterocycles. The van der Waals surface area contributed by atoms with Crippen molar-refractivity contribution in [1.29, 1.82) is 0 Å². The Bertz CT molecular complexity index is 492. The first kappa shape index (κ1) is 15.6. The first-order valence-electron chi connectivity index (χ1n) is 7.38. The standard InChI is InChI=1S/C16H25N3O2/c1-12-10-18(2)8-7-15(12)19(16(17)20)11-13-5-4-6-14(9-13)21-3/h4-6,9,12,15H,7-8,10-11H2,1-3H3,(H2,17,20). The Morgan fingerprint density at radius 2 is 2.29 bits per heavy atom. The maximum atomic E-state index is 11.9. The minimum absolute atomic E-state index is 0.199. The van der Waals surface area contributed by atoms with E-state index < -0.39 is 0 Å². The molecule has 1 saturated heterocycles. The van der Waals surface area contributed by atoms with Crippen LogP contribution in [0.2, 0.25) is 0 Å². The van der Waals surface area contributed by atoms with Crippen molar-refractivity contribution in [2.45, 2.75) is 25.9 Å². The third-order valence-electron chi connectivity index (χ3n) is 4.23. The van der Waals surface area contributed by atoms with Crippen molar-refractivity contribution in [2.24, 2.45) is 11.7 Å². The van der Waals surface area contributed by atoms with Crippen LogP contribution in [-0.4, -0.2) is 49.1 Å². The van der Waals surface area contributed by atoms with Gasteiger partial charge in [-0.3, -0.25) is 0 Å². The number of likely N-dealkylation sites (tertiary alicyclic amines) is 1. The van der Waals surface area contributed by atoms with E-state index in [1.165, 1.54) is 0 Å². The van der Waals surface area contributed by atoms with Crippen molar-refractivity contribution in [1.82, 2.24) is 9.80 Å². The topological polar surface area (TPSA) is 58.8 Å². The first-order valence-corrected chi connectivity index (χ1v) is 7.38. The molecule has 1 aliphatic rings. The maximum absolute atomic E-state index is 11.9. The van der Waals surface area contributed by atoms with Gasteiger partial charge in [0.1, 0.15) is 5.75 Å². The predicted molar refractivity (Wildman–Crippen MR) is 83.2 cm³/mol. The third kappa shape index (κ3) is 3.88. The minimum Gasteiger partial charge on any atom is -0.497 e.